The van der Waals surface area contributed by atoms with Crippen molar-refractivity contribution in [2.45, 2.75) is 0 Å². The van der Waals surface area contributed by atoms with E-state index in [0.29, 0.717) is 4.20 Å². The number of nitrogens with one attached hydrogen (secondary N) is 1. The molecule has 0 aromatic carbocycles. The summed E-state index contributed by atoms with van der Waals surface area (Å²) in [5, 5.41) is 8.10. The summed E-state index contributed by atoms with van der Waals surface area (Å²) >= 11 is 5.79. The molecule has 1 heterocycles. The molecule has 0 aliphatic carbocycles. The van der Waals surface area contributed by atoms with Crippen LogP contribution in [-0.2, 0) is 4.79 Å². The van der Waals surface area contributed by atoms with Crippen molar-refractivity contribution < 1.29 is 9.90 Å². The van der Waals surface area contributed by atoms with E-state index in [1.165, 1.54) is 0 Å². The molecule has 1 rings (SSSR count). The number of carbonyl (C=O) groups excluding carboxylic acids is 1. The number of carbonyl (C=O) groups is 1. The number of hydrogen-bond acceptors (Lipinski definition) is 4. The molecule has 0 fully saturated rings. The second-order valence-electron chi connectivity index (χ2n) is 2.00. The molecule has 2 N–H and O–H groups in total. The Morgan fingerprint density at radius 1 is 1.75 bits per heavy atom. The normalized spacial score (nSPS) is 9.75. The molecule has 64 valence electrons. The lowest BCUT2D eigenvalue weighted by Crippen LogP contribution is -2.03. The van der Waals surface area contributed by atoms with Gasteiger partial charge in [0.25, 0.3) is 0 Å². The van der Waals surface area contributed by atoms with E-state index in [9.17, 15) is 4.79 Å². The van der Waals surface area contributed by atoms with E-state index >= 15 is 0 Å². The first-order chi connectivity index (χ1) is 5.74. The van der Waals surface area contributed by atoms with Gasteiger partial charge in [0.1, 0.15) is 10.8 Å². The summed E-state index contributed by atoms with van der Waals surface area (Å²) in [6.45, 7) is -0.481. The first kappa shape index (κ1) is 9.44. The molecule has 0 aliphatic rings. The van der Waals surface area contributed by atoms with E-state index in [2.05, 4.69) is 4.98 Å². The Morgan fingerprint density at radius 3 is 3.00 bits per heavy atom. The molecule has 0 radical (unpaired) electrons. The molecule has 0 atom stereocenters. The zero-order valence-corrected chi connectivity index (χ0v) is 7.74. The minimum atomic E-state index is -0.481. The molecular weight excluding hydrogens is 194 g/mol. The average molecular weight is 201 g/mol. The fraction of sp³-hybridized carbons (Fsp3) is 0.143. The molecule has 1 aromatic heterocycles. The van der Waals surface area contributed by atoms with Gasteiger partial charge in [0.2, 0.25) is 5.12 Å². The smallest absolute Gasteiger partial charge is 0.219 e. The van der Waals surface area contributed by atoms with Crippen LogP contribution >= 0.6 is 24.0 Å². The van der Waals surface area contributed by atoms with E-state index < -0.39 is 6.61 Å². The van der Waals surface area contributed by atoms with Crippen LogP contribution in [0.25, 0.3) is 0 Å². The van der Waals surface area contributed by atoms with Gasteiger partial charge in [-0.15, -0.1) is 0 Å². The first-order valence-electron chi connectivity index (χ1n) is 3.23. The SMILES string of the molecule is O=C(CO)SC(=S)c1ccc[nH]1. The van der Waals surface area contributed by atoms with Crippen LogP contribution in [0.15, 0.2) is 18.3 Å². The van der Waals surface area contributed by atoms with Crippen LogP contribution in [0.3, 0.4) is 0 Å². The van der Waals surface area contributed by atoms with Gasteiger partial charge < -0.3 is 10.1 Å². The zero-order chi connectivity index (χ0) is 8.97. The monoisotopic (exact) mass is 201 g/mol. The third-order valence-electron chi connectivity index (χ3n) is 1.15. The molecule has 0 bridgehead atoms. The van der Waals surface area contributed by atoms with E-state index in [-0.39, 0.29) is 5.12 Å². The number of thioether (sulfide) groups is 1. The summed E-state index contributed by atoms with van der Waals surface area (Å²) in [6.07, 6.45) is 1.73. The van der Waals surface area contributed by atoms with Crippen LogP contribution in [0.5, 0.6) is 0 Å². The van der Waals surface area contributed by atoms with Crippen molar-refractivity contribution in [3.63, 3.8) is 0 Å². The summed E-state index contributed by atoms with van der Waals surface area (Å²) in [5.41, 5.74) is 0.733. The Hall–Kier alpha value is -0.650. The number of aromatic nitrogens is 1. The van der Waals surface area contributed by atoms with Gasteiger partial charge in [0.05, 0.1) is 5.69 Å². The highest BCUT2D eigenvalue weighted by molar-refractivity contribution is 8.33. The second kappa shape index (κ2) is 4.39. The van der Waals surface area contributed by atoms with Gasteiger partial charge in [-0.3, -0.25) is 4.79 Å². The maximum absolute atomic E-state index is 10.7. The molecule has 0 amide bonds. The summed E-state index contributed by atoms with van der Waals surface area (Å²) in [6, 6.07) is 3.58. The van der Waals surface area contributed by atoms with Crippen molar-refractivity contribution >= 4 is 33.3 Å². The number of aliphatic hydroxyl groups is 1. The Morgan fingerprint density at radius 2 is 2.50 bits per heavy atom. The van der Waals surface area contributed by atoms with Gasteiger partial charge in [-0.05, 0) is 23.9 Å². The summed E-state index contributed by atoms with van der Waals surface area (Å²) in [4.78, 5) is 13.6. The average Bonchev–Trinajstić information content (AvgIpc) is 2.56. The van der Waals surface area contributed by atoms with Crippen LogP contribution in [0, 0.1) is 0 Å². The number of aliphatic hydroxyl groups excluding tert-OH is 1. The number of rotatable bonds is 2. The van der Waals surface area contributed by atoms with Crippen molar-refractivity contribution in [2.24, 2.45) is 0 Å². The predicted octanol–water partition coefficient (Wildman–Crippen LogP) is 0.942. The van der Waals surface area contributed by atoms with Crippen LogP contribution < -0.4 is 0 Å². The molecule has 0 saturated heterocycles. The van der Waals surface area contributed by atoms with Gasteiger partial charge in [-0.25, -0.2) is 0 Å². The standard InChI is InChI=1S/C7H7NO2S2/c9-4-6(10)12-7(11)5-2-1-3-8-5/h1-3,8-9H,4H2. The third kappa shape index (κ3) is 2.44. The molecular formula is C7H7NO2S2. The molecule has 0 aliphatic heterocycles. The molecule has 0 saturated carbocycles. The lowest BCUT2D eigenvalue weighted by molar-refractivity contribution is -0.113. The number of H-pyrrole nitrogens is 1. The molecule has 0 spiro atoms. The van der Waals surface area contributed by atoms with E-state index in [0.717, 1.165) is 17.5 Å². The number of hydrogen-bond donors (Lipinski definition) is 2. The van der Waals surface area contributed by atoms with Crippen molar-refractivity contribution in [1.82, 2.24) is 4.98 Å². The maximum atomic E-state index is 10.7. The molecule has 3 nitrogen and oxygen atoms in total. The highest BCUT2D eigenvalue weighted by Crippen LogP contribution is 2.12. The summed E-state index contributed by atoms with van der Waals surface area (Å²) in [7, 11) is 0. The van der Waals surface area contributed by atoms with Gasteiger partial charge >= 0.3 is 0 Å². The van der Waals surface area contributed by atoms with Gasteiger partial charge in [-0.1, -0.05) is 12.2 Å². The van der Waals surface area contributed by atoms with E-state index in [4.69, 9.17) is 17.3 Å². The molecule has 5 heteroatoms. The lowest BCUT2D eigenvalue weighted by Gasteiger charge is -1.96. The molecule has 1 aromatic rings. The largest absolute Gasteiger partial charge is 0.388 e. The third-order valence-corrected chi connectivity index (χ3v) is 2.39. The summed E-state index contributed by atoms with van der Waals surface area (Å²) in [5.74, 6) is 0. The quantitative estimate of drug-likeness (QED) is 0.699. The van der Waals surface area contributed by atoms with E-state index in [1.807, 2.05) is 0 Å². The van der Waals surface area contributed by atoms with Crippen molar-refractivity contribution in [3.05, 3.63) is 24.0 Å². The lowest BCUT2D eigenvalue weighted by atomic mass is 10.5. The minimum Gasteiger partial charge on any atom is -0.388 e. The Balaban J connectivity index is 2.56. The van der Waals surface area contributed by atoms with Crippen LogP contribution in [0.1, 0.15) is 5.69 Å². The summed E-state index contributed by atoms with van der Waals surface area (Å²) < 4.78 is 0.457. The first-order valence-corrected chi connectivity index (χ1v) is 4.46. The fourth-order valence-electron chi connectivity index (χ4n) is 0.648. The zero-order valence-electron chi connectivity index (χ0n) is 6.11. The van der Waals surface area contributed by atoms with Gasteiger partial charge in [0.15, 0.2) is 0 Å². The second-order valence-corrected chi connectivity index (χ2v) is 3.74. The minimum absolute atomic E-state index is 0.338. The topological polar surface area (TPSA) is 53.1 Å². The van der Waals surface area contributed by atoms with Gasteiger partial charge in [-0.2, -0.15) is 0 Å². The highest BCUT2D eigenvalue weighted by atomic mass is 32.2. The maximum Gasteiger partial charge on any atom is 0.219 e. The Bertz CT molecular complexity index is 282. The van der Waals surface area contributed by atoms with Crippen LogP contribution in [0.2, 0.25) is 0 Å². The number of thiocarbonyl (C=S) groups is 1. The van der Waals surface area contributed by atoms with Crippen LogP contribution in [0.4, 0.5) is 0 Å². The highest BCUT2D eigenvalue weighted by Gasteiger charge is 2.07. The van der Waals surface area contributed by atoms with Crippen molar-refractivity contribution in [2.75, 3.05) is 6.61 Å². The predicted molar refractivity (Wildman–Crippen MR) is 52.2 cm³/mol. The van der Waals surface area contributed by atoms with Gasteiger partial charge in [0, 0.05) is 6.20 Å². The Kier molecular flexibility index (Phi) is 3.46. The van der Waals surface area contributed by atoms with Crippen molar-refractivity contribution in [3.8, 4) is 0 Å². The number of aromatic amines is 1. The van der Waals surface area contributed by atoms with E-state index in [1.54, 1.807) is 18.3 Å². The molecule has 0 unspecified atom stereocenters. The fourth-order valence-corrected chi connectivity index (χ4v) is 1.56. The van der Waals surface area contributed by atoms with Crippen molar-refractivity contribution in [1.29, 1.82) is 0 Å². The van der Waals surface area contributed by atoms with Crippen LogP contribution in [-0.4, -0.2) is 26.0 Å². The molecule has 12 heavy (non-hydrogen) atoms. The Labute approximate surface area is 79.2 Å².